The Hall–Kier alpha value is -5.52. The number of ether oxygens (including phenoxy) is 1. The summed E-state index contributed by atoms with van der Waals surface area (Å²) in [6.45, 7) is 8.66. The molecule has 0 saturated carbocycles. The van der Waals surface area contributed by atoms with Crippen molar-refractivity contribution >= 4 is 55.6 Å². The minimum Gasteiger partial charge on any atom is -0.509 e. The molecule has 0 aliphatic carbocycles. The third-order valence-electron chi connectivity index (χ3n) is 9.00. The summed E-state index contributed by atoms with van der Waals surface area (Å²) >= 11 is 0. The van der Waals surface area contributed by atoms with Crippen molar-refractivity contribution in [2.75, 3.05) is 9.80 Å². The van der Waals surface area contributed by atoms with Gasteiger partial charge in [-0.2, -0.15) is 12.1 Å². The molecule has 8 aromatic rings. The van der Waals surface area contributed by atoms with E-state index >= 15 is 0 Å². The van der Waals surface area contributed by atoms with E-state index in [4.69, 9.17) is 19.7 Å². The van der Waals surface area contributed by atoms with Crippen molar-refractivity contribution in [1.82, 2.24) is 19.5 Å². The van der Waals surface area contributed by atoms with Crippen LogP contribution in [-0.2, 0) is 26.5 Å². The van der Waals surface area contributed by atoms with Gasteiger partial charge < -0.3 is 19.1 Å². The number of hydrogen-bond donors (Lipinski definition) is 0. The van der Waals surface area contributed by atoms with Crippen LogP contribution in [0.5, 0.6) is 11.5 Å². The summed E-state index contributed by atoms with van der Waals surface area (Å²) in [5, 5.41) is 4.38. The smallest absolute Gasteiger partial charge is 0.135 e. The van der Waals surface area contributed by atoms with Crippen LogP contribution in [0.1, 0.15) is 26.3 Å². The molecule has 4 aromatic carbocycles. The molecule has 0 unspecified atom stereocenters. The van der Waals surface area contributed by atoms with E-state index in [0.29, 0.717) is 11.5 Å². The third-order valence-corrected chi connectivity index (χ3v) is 9.00. The molecule has 0 amide bonds. The number of benzene rings is 4. The first-order chi connectivity index (χ1) is 23.9. The molecule has 5 heterocycles. The maximum Gasteiger partial charge on any atom is 0.135 e. The average molecular weight is 831 g/mol. The number of fused-ring (bicyclic) bond motifs is 5. The monoisotopic (exact) mass is 830 g/mol. The predicted octanol–water partition coefficient (Wildman–Crippen LogP) is 10.2. The minimum atomic E-state index is -0.0128. The first-order valence-electron chi connectivity index (χ1n) is 16.3. The molecule has 8 heteroatoms. The summed E-state index contributed by atoms with van der Waals surface area (Å²) in [5.41, 5.74) is 4.91. The fourth-order valence-electron chi connectivity index (χ4n) is 6.57. The Labute approximate surface area is 305 Å². The zero-order chi connectivity index (χ0) is 33.1. The van der Waals surface area contributed by atoms with E-state index < -0.39 is 0 Å². The molecule has 7 nitrogen and oxygen atoms in total. The SMILES string of the molecule is CC(C)(C)c1ccnc(-n2c3[c-]c(Oc4[c-]c(N5[CH-]N(c6nccc7ccccc67)c6ncccc65)ccc4)ccc3c3ccccc32)c1.[Pt]. The number of anilines is 4. The van der Waals surface area contributed by atoms with Crippen molar-refractivity contribution in [2.24, 2.45) is 0 Å². The molecule has 1 aliphatic heterocycles. The first kappa shape index (κ1) is 31.7. The van der Waals surface area contributed by atoms with E-state index in [0.717, 1.165) is 61.4 Å². The number of hydrogen-bond acceptors (Lipinski definition) is 6. The first-order valence-corrected chi connectivity index (χ1v) is 16.3. The molecule has 0 saturated heterocycles. The summed E-state index contributed by atoms with van der Waals surface area (Å²) in [4.78, 5) is 18.4. The van der Waals surface area contributed by atoms with E-state index in [1.165, 1.54) is 5.56 Å². The van der Waals surface area contributed by atoms with Crippen LogP contribution >= 0.6 is 0 Å². The molecule has 0 spiro atoms. The molecule has 50 heavy (non-hydrogen) atoms. The topological polar surface area (TPSA) is 59.3 Å². The van der Waals surface area contributed by atoms with Crippen molar-refractivity contribution in [3.63, 3.8) is 0 Å². The number of nitrogens with zero attached hydrogens (tertiary/aromatic N) is 6. The number of para-hydroxylation sites is 1. The van der Waals surface area contributed by atoms with Crippen LogP contribution < -0.4 is 14.5 Å². The molecule has 9 rings (SSSR count). The molecule has 1 aliphatic rings. The van der Waals surface area contributed by atoms with Crippen molar-refractivity contribution in [3.8, 4) is 17.3 Å². The van der Waals surface area contributed by atoms with Gasteiger partial charge in [-0.1, -0.05) is 68.8 Å². The Morgan fingerprint density at radius 2 is 1.42 bits per heavy atom. The zero-order valence-electron chi connectivity index (χ0n) is 27.6. The van der Waals surface area contributed by atoms with Crippen molar-refractivity contribution in [1.29, 1.82) is 0 Å². The molecule has 0 N–H and O–H groups in total. The molecule has 0 radical (unpaired) electrons. The maximum absolute atomic E-state index is 6.48. The Morgan fingerprint density at radius 1 is 0.640 bits per heavy atom. The van der Waals surface area contributed by atoms with Gasteiger partial charge in [-0.05, 0) is 58.1 Å². The van der Waals surface area contributed by atoms with E-state index in [9.17, 15) is 0 Å². The van der Waals surface area contributed by atoms with Gasteiger partial charge >= 0.3 is 0 Å². The van der Waals surface area contributed by atoms with Gasteiger partial charge in [0, 0.05) is 62.1 Å². The van der Waals surface area contributed by atoms with Crippen LogP contribution in [0, 0.1) is 18.8 Å². The van der Waals surface area contributed by atoms with Crippen LogP contribution in [0.25, 0.3) is 38.4 Å². The van der Waals surface area contributed by atoms with E-state index in [1.807, 2.05) is 72.5 Å². The van der Waals surface area contributed by atoms with Gasteiger partial charge in [0.25, 0.3) is 0 Å². The molecular formula is C42H31N6OPt-3. The van der Waals surface area contributed by atoms with Gasteiger partial charge in [0.05, 0.1) is 5.69 Å². The molecule has 0 bridgehead atoms. The van der Waals surface area contributed by atoms with Crippen LogP contribution in [-0.4, -0.2) is 19.5 Å². The van der Waals surface area contributed by atoms with Crippen LogP contribution in [0.4, 0.5) is 23.0 Å². The van der Waals surface area contributed by atoms with Gasteiger partial charge in [-0.3, -0.25) is 0 Å². The Morgan fingerprint density at radius 3 is 2.30 bits per heavy atom. The minimum absolute atomic E-state index is 0. The Kier molecular flexibility index (Phi) is 7.88. The average Bonchev–Trinajstić information content (AvgIpc) is 3.67. The van der Waals surface area contributed by atoms with Crippen LogP contribution in [0.15, 0.2) is 128 Å². The summed E-state index contributed by atoms with van der Waals surface area (Å²) in [5.74, 6) is 3.62. The van der Waals surface area contributed by atoms with Gasteiger partial charge in [-0.25, -0.2) is 15.0 Å². The quantitative estimate of drug-likeness (QED) is 0.161. The fraction of sp³-hybridized carbons (Fsp3) is 0.0952. The summed E-state index contributed by atoms with van der Waals surface area (Å²) < 4.78 is 8.65. The number of pyridine rings is 3. The number of aromatic nitrogens is 4. The largest absolute Gasteiger partial charge is 0.509 e. The van der Waals surface area contributed by atoms with E-state index in [-0.39, 0.29) is 26.5 Å². The summed E-state index contributed by atoms with van der Waals surface area (Å²) in [6, 6.07) is 43.9. The summed E-state index contributed by atoms with van der Waals surface area (Å²) in [7, 11) is 0. The molecule has 0 fully saturated rings. The second-order valence-electron chi connectivity index (χ2n) is 13.1. The maximum atomic E-state index is 6.48. The van der Waals surface area contributed by atoms with Crippen molar-refractivity contribution in [2.45, 2.75) is 26.2 Å². The van der Waals surface area contributed by atoms with Gasteiger partial charge in [0.15, 0.2) is 0 Å². The third kappa shape index (κ3) is 5.39. The molecular weight excluding hydrogens is 800 g/mol. The second kappa shape index (κ2) is 12.4. The zero-order valence-corrected chi connectivity index (χ0v) is 29.9. The van der Waals surface area contributed by atoms with Crippen LogP contribution in [0.2, 0.25) is 0 Å². The molecule has 0 atom stereocenters. The molecule has 248 valence electrons. The number of rotatable bonds is 5. The fourth-order valence-corrected chi connectivity index (χ4v) is 6.57. The standard InChI is InChI=1S/C42H31N6O.Pt/c1-42(2,3)29-20-23-43-39(24-29)48-36-15-7-6-14-34(36)35-18-17-32(26-38(35)48)49-31-12-8-11-30(25-31)46-27-47(41-37(46)16-9-21-44-41)40-33-13-5-4-10-28(33)19-22-45-40;/h4-24,27H,1-3H3;/q-3;. The van der Waals surface area contributed by atoms with Gasteiger partial charge in [0.1, 0.15) is 17.5 Å². The van der Waals surface area contributed by atoms with E-state index in [1.54, 1.807) is 6.20 Å². The predicted molar refractivity (Wildman–Crippen MR) is 196 cm³/mol. The van der Waals surface area contributed by atoms with Crippen molar-refractivity contribution in [3.05, 3.63) is 152 Å². The van der Waals surface area contributed by atoms with Crippen molar-refractivity contribution < 1.29 is 25.8 Å². The Bertz CT molecular complexity index is 2530. The summed E-state index contributed by atoms with van der Waals surface area (Å²) in [6.07, 6.45) is 5.52. The van der Waals surface area contributed by atoms with E-state index in [2.05, 4.69) is 103 Å². The second-order valence-corrected chi connectivity index (χ2v) is 13.1. The van der Waals surface area contributed by atoms with Crippen LogP contribution in [0.3, 0.4) is 0 Å². The normalized spacial score (nSPS) is 12.8. The molecule has 4 aromatic heterocycles. The Balaban J connectivity index is 0.00000361. The van der Waals surface area contributed by atoms with Gasteiger partial charge in [0.2, 0.25) is 0 Å². The van der Waals surface area contributed by atoms with Gasteiger partial charge in [-0.15, -0.1) is 48.1 Å².